The van der Waals surface area contributed by atoms with Crippen LogP contribution in [0.1, 0.15) is 32.3 Å². The minimum absolute atomic E-state index is 0.154. The van der Waals surface area contributed by atoms with Gasteiger partial charge in [-0.2, -0.15) is 0 Å². The Balaban J connectivity index is 2.69. The van der Waals surface area contributed by atoms with Crippen molar-refractivity contribution in [2.24, 2.45) is 0 Å². The predicted octanol–water partition coefficient (Wildman–Crippen LogP) is 3.47. The van der Waals surface area contributed by atoms with E-state index in [4.69, 9.17) is 4.74 Å². The first-order chi connectivity index (χ1) is 7.69. The van der Waals surface area contributed by atoms with Crippen molar-refractivity contribution in [3.63, 3.8) is 0 Å². The Kier molecular flexibility index (Phi) is 5.39. The second kappa shape index (κ2) is 6.59. The molecule has 1 aromatic rings. The van der Waals surface area contributed by atoms with Gasteiger partial charge >= 0.3 is 5.97 Å². The van der Waals surface area contributed by atoms with Gasteiger partial charge in [-0.25, -0.2) is 0 Å². The molecule has 0 bridgehead atoms. The van der Waals surface area contributed by atoms with Crippen LogP contribution in [0.25, 0.3) is 0 Å². The highest BCUT2D eigenvalue weighted by Crippen LogP contribution is 2.22. The van der Waals surface area contributed by atoms with Gasteiger partial charge in [-0.3, -0.25) is 4.79 Å². The van der Waals surface area contributed by atoms with Gasteiger partial charge in [-0.1, -0.05) is 19.1 Å². The number of rotatable bonds is 5. The van der Waals surface area contributed by atoms with Crippen molar-refractivity contribution >= 4 is 17.7 Å². The first-order valence-electron chi connectivity index (χ1n) is 5.58. The van der Waals surface area contributed by atoms with Gasteiger partial charge in [0.05, 0.1) is 12.5 Å². The molecule has 1 aromatic carbocycles. The lowest BCUT2D eigenvalue weighted by molar-refractivity contribution is -0.144. The Hall–Kier alpha value is -0.960. The number of carbonyl (C=O) groups excluding carboxylic acids is 1. The highest BCUT2D eigenvalue weighted by atomic mass is 32.2. The van der Waals surface area contributed by atoms with Crippen LogP contribution >= 0.6 is 11.8 Å². The second-order valence-electron chi connectivity index (χ2n) is 3.48. The maximum absolute atomic E-state index is 11.5. The third-order valence-electron chi connectivity index (χ3n) is 2.33. The molecule has 0 saturated heterocycles. The third kappa shape index (κ3) is 3.56. The molecule has 0 aliphatic rings. The maximum atomic E-state index is 11.5. The lowest BCUT2D eigenvalue weighted by Gasteiger charge is -2.11. The summed E-state index contributed by atoms with van der Waals surface area (Å²) < 4.78 is 4.99. The summed E-state index contributed by atoms with van der Waals surface area (Å²) in [6.45, 7) is 6.26. The summed E-state index contributed by atoms with van der Waals surface area (Å²) >= 11 is 1.80. The standard InChI is InChI=1S/C13H18O2S/c1-4-15-13(14)10(3)11-6-8-12(9-7-11)16-5-2/h6-10H,4-5H2,1-3H3/t10-/m0/s1. The van der Waals surface area contributed by atoms with E-state index in [1.807, 2.05) is 26.0 Å². The fourth-order valence-corrected chi connectivity index (χ4v) is 2.08. The number of ether oxygens (including phenoxy) is 1. The monoisotopic (exact) mass is 238 g/mol. The van der Waals surface area contributed by atoms with Crippen molar-refractivity contribution < 1.29 is 9.53 Å². The van der Waals surface area contributed by atoms with E-state index in [0.717, 1.165) is 11.3 Å². The summed E-state index contributed by atoms with van der Waals surface area (Å²) in [4.78, 5) is 12.8. The van der Waals surface area contributed by atoms with E-state index >= 15 is 0 Å². The fourth-order valence-electron chi connectivity index (χ4n) is 1.42. The number of esters is 1. The summed E-state index contributed by atoms with van der Waals surface area (Å²) in [7, 11) is 0. The first-order valence-corrected chi connectivity index (χ1v) is 6.57. The van der Waals surface area contributed by atoms with Crippen molar-refractivity contribution in [3.8, 4) is 0 Å². The Morgan fingerprint density at radius 1 is 1.31 bits per heavy atom. The van der Waals surface area contributed by atoms with E-state index in [-0.39, 0.29) is 11.9 Å². The molecule has 0 radical (unpaired) electrons. The fraction of sp³-hybridized carbons (Fsp3) is 0.462. The van der Waals surface area contributed by atoms with Gasteiger partial charge in [0, 0.05) is 4.90 Å². The maximum Gasteiger partial charge on any atom is 0.313 e. The molecule has 0 amide bonds. The van der Waals surface area contributed by atoms with Gasteiger partial charge in [0.25, 0.3) is 0 Å². The summed E-state index contributed by atoms with van der Waals surface area (Å²) in [5.74, 6) is 0.728. The van der Waals surface area contributed by atoms with Crippen LogP contribution < -0.4 is 0 Å². The molecule has 2 nitrogen and oxygen atoms in total. The molecule has 0 heterocycles. The van der Waals surface area contributed by atoms with E-state index in [1.54, 1.807) is 11.8 Å². The third-order valence-corrected chi connectivity index (χ3v) is 3.23. The largest absolute Gasteiger partial charge is 0.466 e. The SMILES string of the molecule is CCOC(=O)[C@@H](C)c1ccc(SCC)cc1. The van der Waals surface area contributed by atoms with Crippen LogP contribution in [0.4, 0.5) is 0 Å². The molecule has 0 fully saturated rings. The van der Waals surface area contributed by atoms with Crippen molar-refractivity contribution in [3.05, 3.63) is 29.8 Å². The van der Waals surface area contributed by atoms with Crippen molar-refractivity contribution in [1.29, 1.82) is 0 Å². The molecule has 0 saturated carbocycles. The summed E-state index contributed by atoms with van der Waals surface area (Å²) in [5, 5.41) is 0. The quantitative estimate of drug-likeness (QED) is 0.580. The Morgan fingerprint density at radius 2 is 1.94 bits per heavy atom. The predicted molar refractivity (Wildman–Crippen MR) is 67.9 cm³/mol. The Morgan fingerprint density at radius 3 is 2.44 bits per heavy atom. The second-order valence-corrected chi connectivity index (χ2v) is 4.81. The molecular weight excluding hydrogens is 220 g/mol. The van der Waals surface area contributed by atoms with Gasteiger partial charge in [-0.15, -0.1) is 11.8 Å². The molecule has 0 spiro atoms. The topological polar surface area (TPSA) is 26.3 Å². The highest BCUT2D eigenvalue weighted by Gasteiger charge is 2.15. The number of benzene rings is 1. The van der Waals surface area contributed by atoms with Crippen LogP contribution in [0.3, 0.4) is 0 Å². The number of thioether (sulfide) groups is 1. The van der Waals surface area contributed by atoms with E-state index in [1.165, 1.54) is 4.90 Å². The van der Waals surface area contributed by atoms with Crippen LogP contribution in [-0.4, -0.2) is 18.3 Å². The van der Waals surface area contributed by atoms with E-state index in [2.05, 4.69) is 19.1 Å². The van der Waals surface area contributed by atoms with Gasteiger partial charge in [0.2, 0.25) is 0 Å². The summed E-state index contributed by atoms with van der Waals surface area (Å²) in [6, 6.07) is 8.11. The number of hydrogen-bond donors (Lipinski definition) is 0. The van der Waals surface area contributed by atoms with Crippen LogP contribution in [0, 0.1) is 0 Å². The normalized spacial score (nSPS) is 12.2. The average Bonchev–Trinajstić information content (AvgIpc) is 2.30. The number of carbonyl (C=O) groups is 1. The van der Waals surface area contributed by atoms with Gasteiger partial charge in [0.15, 0.2) is 0 Å². The highest BCUT2D eigenvalue weighted by molar-refractivity contribution is 7.99. The van der Waals surface area contributed by atoms with Crippen molar-refractivity contribution in [2.75, 3.05) is 12.4 Å². The molecular formula is C13H18O2S. The molecule has 3 heteroatoms. The van der Waals surface area contributed by atoms with E-state index in [9.17, 15) is 4.79 Å². The molecule has 16 heavy (non-hydrogen) atoms. The van der Waals surface area contributed by atoms with Gasteiger partial charge in [0.1, 0.15) is 0 Å². The molecule has 88 valence electrons. The zero-order valence-electron chi connectivity index (χ0n) is 10.0. The molecule has 0 aliphatic carbocycles. The summed E-state index contributed by atoms with van der Waals surface area (Å²) in [6.07, 6.45) is 0. The van der Waals surface area contributed by atoms with Crippen LogP contribution in [-0.2, 0) is 9.53 Å². The van der Waals surface area contributed by atoms with Crippen molar-refractivity contribution in [2.45, 2.75) is 31.6 Å². The summed E-state index contributed by atoms with van der Waals surface area (Å²) in [5.41, 5.74) is 1.01. The van der Waals surface area contributed by atoms with E-state index in [0.29, 0.717) is 6.61 Å². The smallest absolute Gasteiger partial charge is 0.313 e. The Labute approximate surface area is 101 Å². The zero-order valence-corrected chi connectivity index (χ0v) is 10.8. The minimum atomic E-state index is -0.180. The Bertz CT molecular complexity index is 332. The molecule has 1 atom stereocenters. The van der Waals surface area contributed by atoms with Crippen molar-refractivity contribution in [1.82, 2.24) is 0 Å². The van der Waals surface area contributed by atoms with Gasteiger partial charge < -0.3 is 4.74 Å². The van der Waals surface area contributed by atoms with Crippen LogP contribution in [0.15, 0.2) is 29.2 Å². The number of hydrogen-bond acceptors (Lipinski definition) is 3. The molecule has 0 aromatic heterocycles. The van der Waals surface area contributed by atoms with Gasteiger partial charge in [-0.05, 0) is 37.3 Å². The molecule has 0 N–H and O–H groups in total. The average molecular weight is 238 g/mol. The van der Waals surface area contributed by atoms with Crippen LogP contribution in [0.5, 0.6) is 0 Å². The van der Waals surface area contributed by atoms with E-state index < -0.39 is 0 Å². The molecule has 0 aliphatic heterocycles. The first kappa shape index (κ1) is 13.1. The molecule has 0 unspecified atom stereocenters. The minimum Gasteiger partial charge on any atom is -0.466 e. The van der Waals surface area contributed by atoms with Crippen LogP contribution in [0.2, 0.25) is 0 Å². The lowest BCUT2D eigenvalue weighted by atomic mass is 10.0. The molecule has 1 rings (SSSR count). The zero-order chi connectivity index (χ0) is 12.0. The lowest BCUT2D eigenvalue weighted by Crippen LogP contribution is -2.12.